The minimum atomic E-state index is -1.03. The minimum absolute atomic E-state index is 0.0759. The lowest BCUT2D eigenvalue weighted by molar-refractivity contribution is -0.136. The van der Waals surface area contributed by atoms with Gasteiger partial charge in [0.2, 0.25) is 5.91 Å². The highest BCUT2D eigenvalue weighted by atomic mass is 32.1. The molecule has 1 saturated heterocycles. The Morgan fingerprint density at radius 3 is 2.29 bits per heavy atom. The van der Waals surface area contributed by atoms with E-state index in [0.717, 1.165) is 12.1 Å². The molecule has 2 rings (SSSR count). The molecule has 1 aromatic rings. The van der Waals surface area contributed by atoms with E-state index in [-0.39, 0.29) is 22.1 Å². The number of amides is 1. The molecule has 1 fully saturated rings. The summed E-state index contributed by atoms with van der Waals surface area (Å²) in [5, 5.41) is 0. The van der Waals surface area contributed by atoms with Crippen LogP contribution >= 0.6 is 12.2 Å². The van der Waals surface area contributed by atoms with Gasteiger partial charge >= 0.3 is 0 Å². The van der Waals surface area contributed by atoms with Crippen LogP contribution in [0.3, 0.4) is 0 Å². The number of likely N-dealkylation sites (N-methyl/N-ethyl adjacent to an activating group) is 1. The van der Waals surface area contributed by atoms with Gasteiger partial charge in [0.05, 0.1) is 0 Å². The summed E-state index contributed by atoms with van der Waals surface area (Å²) in [5.74, 6) is -1.74. The normalized spacial score (nSPS) is 18.0. The van der Waals surface area contributed by atoms with E-state index in [4.69, 9.17) is 18.0 Å². The smallest absolute Gasteiger partial charge is 0.247 e. The van der Waals surface area contributed by atoms with Crippen LogP contribution in [0.1, 0.15) is 19.4 Å². The first kappa shape index (κ1) is 15.6. The second kappa shape index (κ2) is 5.22. The van der Waals surface area contributed by atoms with Crippen molar-refractivity contribution in [3.8, 4) is 0 Å². The average Bonchev–Trinajstić information content (AvgIpc) is 2.38. The fraction of sp³-hybridized carbons (Fsp3) is 0.429. The molecule has 0 saturated carbocycles. The Morgan fingerprint density at radius 1 is 1.29 bits per heavy atom. The molecule has 0 aromatic heterocycles. The standard InChI is InChI=1S/C14H17F2N3OS/c1-14(2)13(20)18(3)4-5-19(14)11-9(15)6-8(12(17)21)7-10(11)16/h6-7H,4-5H2,1-3H3,(H2,17,21). The first-order chi connectivity index (χ1) is 9.66. The van der Waals surface area contributed by atoms with Crippen molar-refractivity contribution < 1.29 is 13.6 Å². The zero-order valence-electron chi connectivity index (χ0n) is 12.1. The maximum absolute atomic E-state index is 14.3. The van der Waals surface area contributed by atoms with Crippen molar-refractivity contribution in [1.82, 2.24) is 4.90 Å². The molecular weight excluding hydrogens is 296 g/mol. The third-order valence-electron chi connectivity index (χ3n) is 3.78. The Morgan fingerprint density at radius 2 is 1.81 bits per heavy atom. The summed E-state index contributed by atoms with van der Waals surface area (Å²) in [7, 11) is 1.67. The molecule has 0 spiro atoms. The van der Waals surface area contributed by atoms with Gasteiger partial charge in [-0.3, -0.25) is 4.79 Å². The summed E-state index contributed by atoms with van der Waals surface area (Å²) in [6.45, 7) is 4.03. The van der Waals surface area contributed by atoms with Gasteiger partial charge in [0.25, 0.3) is 0 Å². The van der Waals surface area contributed by atoms with Crippen LogP contribution in [0.4, 0.5) is 14.5 Å². The second-order valence-corrected chi connectivity index (χ2v) is 6.03. The molecule has 0 bridgehead atoms. The number of nitrogens with zero attached hydrogens (tertiary/aromatic N) is 2. The van der Waals surface area contributed by atoms with Crippen molar-refractivity contribution in [2.45, 2.75) is 19.4 Å². The number of carbonyl (C=O) groups excluding carboxylic acids is 1. The maximum Gasteiger partial charge on any atom is 0.247 e. The van der Waals surface area contributed by atoms with Crippen LogP contribution in [0.5, 0.6) is 0 Å². The van der Waals surface area contributed by atoms with Crippen molar-refractivity contribution in [2.75, 3.05) is 25.0 Å². The molecule has 0 unspecified atom stereocenters. The summed E-state index contributed by atoms with van der Waals surface area (Å²) < 4.78 is 28.6. The maximum atomic E-state index is 14.3. The van der Waals surface area contributed by atoms with Crippen LogP contribution in [0, 0.1) is 11.6 Å². The van der Waals surface area contributed by atoms with Gasteiger partial charge in [0, 0.05) is 25.7 Å². The molecule has 0 radical (unpaired) electrons. The highest BCUT2D eigenvalue weighted by molar-refractivity contribution is 7.80. The van der Waals surface area contributed by atoms with Gasteiger partial charge in [-0.25, -0.2) is 8.78 Å². The lowest BCUT2D eigenvalue weighted by Crippen LogP contribution is -2.62. The number of thiocarbonyl (C=S) groups is 1. The first-order valence-corrected chi connectivity index (χ1v) is 6.89. The number of hydrogen-bond donors (Lipinski definition) is 1. The number of rotatable bonds is 2. The van der Waals surface area contributed by atoms with Crippen molar-refractivity contribution in [2.24, 2.45) is 5.73 Å². The number of piperazine rings is 1. The fourth-order valence-corrected chi connectivity index (χ4v) is 2.69. The van der Waals surface area contributed by atoms with Gasteiger partial charge < -0.3 is 15.5 Å². The van der Waals surface area contributed by atoms with Crippen LogP contribution in [0.2, 0.25) is 0 Å². The molecule has 7 heteroatoms. The fourth-order valence-electron chi connectivity index (χ4n) is 2.57. The first-order valence-electron chi connectivity index (χ1n) is 6.48. The summed E-state index contributed by atoms with van der Waals surface area (Å²) in [6, 6.07) is 2.19. The van der Waals surface area contributed by atoms with Crippen LogP contribution in [-0.2, 0) is 4.79 Å². The third-order valence-corrected chi connectivity index (χ3v) is 4.01. The van der Waals surface area contributed by atoms with Crippen molar-refractivity contribution in [3.05, 3.63) is 29.3 Å². The van der Waals surface area contributed by atoms with Crippen molar-refractivity contribution in [1.29, 1.82) is 0 Å². The molecule has 1 aromatic carbocycles. The molecular formula is C14H17F2N3OS. The lowest BCUT2D eigenvalue weighted by Gasteiger charge is -2.46. The quantitative estimate of drug-likeness (QED) is 0.844. The molecule has 0 atom stereocenters. The number of nitrogens with two attached hydrogens (primary N) is 1. The molecule has 2 N–H and O–H groups in total. The molecule has 1 aliphatic heterocycles. The van der Waals surface area contributed by atoms with Crippen LogP contribution in [-0.4, -0.2) is 41.5 Å². The molecule has 0 aliphatic carbocycles. The van der Waals surface area contributed by atoms with Gasteiger partial charge in [0.15, 0.2) is 0 Å². The van der Waals surface area contributed by atoms with E-state index in [2.05, 4.69) is 0 Å². The van der Waals surface area contributed by atoms with Crippen molar-refractivity contribution in [3.63, 3.8) is 0 Å². The number of anilines is 1. The SMILES string of the molecule is CN1CCN(c2c(F)cc(C(N)=S)cc2F)C(C)(C)C1=O. The monoisotopic (exact) mass is 313 g/mol. The summed E-state index contributed by atoms with van der Waals surface area (Å²) in [6.07, 6.45) is 0. The Kier molecular flexibility index (Phi) is 3.88. The van der Waals surface area contributed by atoms with Crippen LogP contribution in [0.15, 0.2) is 12.1 Å². The summed E-state index contributed by atoms with van der Waals surface area (Å²) >= 11 is 4.73. The number of halogens is 2. The minimum Gasteiger partial charge on any atom is -0.389 e. The Bertz CT molecular complexity index is 595. The van der Waals surface area contributed by atoms with Crippen molar-refractivity contribution >= 4 is 28.8 Å². The largest absolute Gasteiger partial charge is 0.389 e. The van der Waals surface area contributed by atoms with Crippen LogP contribution in [0.25, 0.3) is 0 Å². The highest BCUT2D eigenvalue weighted by Gasteiger charge is 2.42. The summed E-state index contributed by atoms with van der Waals surface area (Å²) in [4.78, 5) is 15.2. The van der Waals surface area contributed by atoms with Gasteiger partial charge in [-0.15, -0.1) is 0 Å². The second-order valence-electron chi connectivity index (χ2n) is 5.59. The Labute approximate surface area is 127 Å². The van der Waals surface area contributed by atoms with E-state index in [1.54, 1.807) is 25.8 Å². The van der Waals surface area contributed by atoms with Crippen LogP contribution < -0.4 is 10.6 Å². The molecule has 1 amide bonds. The van der Waals surface area contributed by atoms with E-state index in [9.17, 15) is 13.6 Å². The average molecular weight is 313 g/mol. The predicted molar refractivity (Wildman–Crippen MR) is 81.3 cm³/mol. The zero-order valence-corrected chi connectivity index (χ0v) is 12.9. The van der Waals surface area contributed by atoms with Gasteiger partial charge in [0.1, 0.15) is 27.8 Å². The molecule has 1 aliphatic rings. The van der Waals surface area contributed by atoms with E-state index in [1.807, 2.05) is 0 Å². The van der Waals surface area contributed by atoms with Gasteiger partial charge in [-0.2, -0.15) is 0 Å². The Balaban J connectivity index is 2.52. The molecule has 114 valence electrons. The lowest BCUT2D eigenvalue weighted by atomic mass is 9.96. The summed E-state index contributed by atoms with van der Waals surface area (Å²) in [5.41, 5.74) is 4.27. The Hall–Kier alpha value is -1.76. The molecule has 1 heterocycles. The molecule has 4 nitrogen and oxygen atoms in total. The zero-order chi connectivity index (χ0) is 15.9. The van der Waals surface area contributed by atoms with E-state index < -0.39 is 17.2 Å². The number of carbonyl (C=O) groups is 1. The number of benzene rings is 1. The van der Waals surface area contributed by atoms with E-state index >= 15 is 0 Å². The highest BCUT2D eigenvalue weighted by Crippen LogP contribution is 2.33. The van der Waals surface area contributed by atoms with E-state index in [1.165, 1.54) is 4.90 Å². The topological polar surface area (TPSA) is 49.6 Å². The third kappa shape index (κ3) is 2.57. The van der Waals surface area contributed by atoms with E-state index in [0.29, 0.717) is 13.1 Å². The number of hydrogen-bond acceptors (Lipinski definition) is 3. The van der Waals surface area contributed by atoms with Gasteiger partial charge in [-0.1, -0.05) is 12.2 Å². The van der Waals surface area contributed by atoms with Gasteiger partial charge in [-0.05, 0) is 26.0 Å². The molecule has 21 heavy (non-hydrogen) atoms. The predicted octanol–water partition coefficient (Wildman–Crippen LogP) is 1.66.